The zero-order valence-electron chi connectivity index (χ0n) is 12.5. The van der Waals surface area contributed by atoms with Crippen LogP contribution in [0.3, 0.4) is 0 Å². The van der Waals surface area contributed by atoms with Crippen LogP contribution in [0.15, 0.2) is 30.3 Å². The molecule has 1 aliphatic heterocycles. The molecule has 1 fully saturated rings. The van der Waals surface area contributed by atoms with Crippen molar-refractivity contribution in [1.29, 1.82) is 0 Å². The summed E-state index contributed by atoms with van der Waals surface area (Å²) in [6, 6.07) is 10.7. The van der Waals surface area contributed by atoms with Crippen LogP contribution in [0.4, 0.5) is 0 Å². The van der Waals surface area contributed by atoms with Crippen LogP contribution in [-0.4, -0.2) is 36.5 Å². The first kappa shape index (κ1) is 15.0. The van der Waals surface area contributed by atoms with Gasteiger partial charge in [-0.15, -0.1) is 0 Å². The van der Waals surface area contributed by atoms with Gasteiger partial charge in [-0.3, -0.25) is 4.79 Å². The van der Waals surface area contributed by atoms with E-state index in [1.54, 1.807) is 0 Å². The minimum absolute atomic E-state index is 0.310. The third-order valence-electron chi connectivity index (χ3n) is 3.97. The van der Waals surface area contributed by atoms with Crippen molar-refractivity contribution in [2.45, 2.75) is 45.1 Å². The van der Waals surface area contributed by atoms with Gasteiger partial charge in [0.05, 0.1) is 0 Å². The molecule has 1 amide bonds. The smallest absolute Gasteiger partial charge is 0.223 e. The number of piperidine rings is 1. The van der Waals surface area contributed by atoms with Crippen molar-refractivity contribution in [1.82, 2.24) is 10.2 Å². The van der Waals surface area contributed by atoms with Crippen molar-refractivity contribution in [3.05, 3.63) is 35.9 Å². The largest absolute Gasteiger partial charge is 0.338 e. The molecule has 1 aromatic rings. The normalized spacial score (nSPS) is 18.8. The summed E-state index contributed by atoms with van der Waals surface area (Å²) in [6.45, 7) is 5.08. The van der Waals surface area contributed by atoms with Gasteiger partial charge in [0, 0.05) is 25.6 Å². The number of carbonyl (C=O) groups excluding carboxylic acids is 1. The van der Waals surface area contributed by atoms with Crippen molar-refractivity contribution in [3.63, 3.8) is 0 Å². The predicted octanol–water partition coefficient (Wildman–Crippen LogP) is 2.61. The lowest BCUT2D eigenvalue weighted by atomic mass is 10.0. The van der Waals surface area contributed by atoms with Crippen molar-refractivity contribution in [3.8, 4) is 0 Å². The second-order valence-corrected chi connectivity index (χ2v) is 5.57. The van der Waals surface area contributed by atoms with Gasteiger partial charge in [-0.2, -0.15) is 0 Å². The summed E-state index contributed by atoms with van der Waals surface area (Å²) in [4.78, 5) is 14.6. The van der Waals surface area contributed by atoms with Gasteiger partial charge in [0.25, 0.3) is 0 Å². The Hall–Kier alpha value is -1.35. The van der Waals surface area contributed by atoms with E-state index >= 15 is 0 Å². The van der Waals surface area contributed by atoms with E-state index in [4.69, 9.17) is 0 Å². The van der Waals surface area contributed by atoms with Crippen molar-refractivity contribution in [2.24, 2.45) is 0 Å². The maximum absolute atomic E-state index is 12.5. The molecular weight excluding hydrogens is 248 g/mol. The Morgan fingerprint density at radius 1 is 1.35 bits per heavy atom. The Kier molecular flexibility index (Phi) is 6.06. The minimum atomic E-state index is 0.310. The van der Waals surface area contributed by atoms with Gasteiger partial charge < -0.3 is 10.2 Å². The molecule has 1 saturated heterocycles. The first-order valence-electron chi connectivity index (χ1n) is 7.85. The van der Waals surface area contributed by atoms with E-state index in [2.05, 4.69) is 29.3 Å². The first-order chi connectivity index (χ1) is 9.81. The second-order valence-electron chi connectivity index (χ2n) is 5.57. The third kappa shape index (κ3) is 4.34. The Labute approximate surface area is 122 Å². The number of amides is 1. The van der Waals surface area contributed by atoms with Crippen LogP contribution in [0, 0.1) is 0 Å². The number of aryl methyl sites for hydroxylation is 1. The van der Waals surface area contributed by atoms with Gasteiger partial charge in [0.1, 0.15) is 0 Å². The fourth-order valence-electron chi connectivity index (χ4n) is 2.89. The van der Waals surface area contributed by atoms with Gasteiger partial charge in [-0.25, -0.2) is 0 Å². The molecule has 110 valence electrons. The van der Waals surface area contributed by atoms with Gasteiger partial charge in [-0.05, 0) is 37.8 Å². The lowest BCUT2D eigenvalue weighted by Crippen LogP contribution is -2.49. The van der Waals surface area contributed by atoms with Crippen LogP contribution in [0.25, 0.3) is 0 Å². The number of nitrogens with one attached hydrogen (secondary N) is 1. The van der Waals surface area contributed by atoms with E-state index in [1.165, 1.54) is 12.0 Å². The maximum Gasteiger partial charge on any atom is 0.223 e. The monoisotopic (exact) mass is 274 g/mol. The fraction of sp³-hybridized carbons (Fsp3) is 0.588. The average Bonchev–Trinajstić information content (AvgIpc) is 2.52. The molecule has 20 heavy (non-hydrogen) atoms. The maximum atomic E-state index is 12.5. The quantitative estimate of drug-likeness (QED) is 0.865. The second kappa shape index (κ2) is 8.05. The van der Waals surface area contributed by atoms with Crippen LogP contribution in [0.5, 0.6) is 0 Å². The van der Waals surface area contributed by atoms with Crippen molar-refractivity contribution >= 4 is 5.91 Å². The molecule has 1 atom stereocenters. The zero-order chi connectivity index (χ0) is 14.2. The summed E-state index contributed by atoms with van der Waals surface area (Å²) in [5, 5.41) is 3.41. The molecule has 1 N–H and O–H groups in total. The fourth-order valence-corrected chi connectivity index (χ4v) is 2.89. The lowest BCUT2D eigenvalue weighted by molar-refractivity contribution is -0.133. The number of rotatable bonds is 6. The molecule has 0 aliphatic carbocycles. The van der Waals surface area contributed by atoms with E-state index in [9.17, 15) is 4.79 Å². The van der Waals surface area contributed by atoms with Gasteiger partial charge in [-0.1, -0.05) is 37.3 Å². The topological polar surface area (TPSA) is 32.3 Å². The highest BCUT2D eigenvalue weighted by molar-refractivity contribution is 5.76. The lowest BCUT2D eigenvalue weighted by Gasteiger charge is -2.34. The number of hydrogen-bond acceptors (Lipinski definition) is 2. The summed E-state index contributed by atoms with van der Waals surface area (Å²) in [6.07, 6.45) is 4.83. The molecule has 0 spiro atoms. The number of benzene rings is 1. The minimum Gasteiger partial charge on any atom is -0.338 e. The highest BCUT2D eigenvalue weighted by Crippen LogP contribution is 2.14. The third-order valence-corrected chi connectivity index (χ3v) is 3.97. The molecule has 1 unspecified atom stereocenters. The molecule has 3 nitrogen and oxygen atoms in total. The number of nitrogens with zero attached hydrogens (tertiary/aromatic N) is 1. The highest BCUT2D eigenvalue weighted by Gasteiger charge is 2.24. The highest BCUT2D eigenvalue weighted by atomic mass is 16.2. The molecule has 1 heterocycles. The number of hydrogen-bond donors (Lipinski definition) is 1. The van der Waals surface area contributed by atoms with Crippen LogP contribution < -0.4 is 5.32 Å². The summed E-state index contributed by atoms with van der Waals surface area (Å²) >= 11 is 0. The van der Waals surface area contributed by atoms with E-state index in [0.717, 1.165) is 38.9 Å². The van der Waals surface area contributed by atoms with Crippen LogP contribution in [0.2, 0.25) is 0 Å². The molecule has 3 heteroatoms. The summed E-state index contributed by atoms with van der Waals surface area (Å²) < 4.78 is 0. The van der Waals surface area contributed by atoms with E-state index < -0.39 is 0 Å². The van der Waals surface area contributed by atoms with E-state index in [-0.39, 0.29) is 0 Å². The Balaban J connectivity index is 1.89. The average molecular weight is 274 g/mol. The number of carbonyl (C=O) groups is 1. The predicted molar refractivity (Wildman–Crippen MR) is 82.7 cm³/mol. The van der Waals surface area contributed by atoms with Crippen LogP contribution >= 0.6 is 0 Å². The molecule has 0 aromatic heterocycles. The standard InChI is InChI=1S/C17H26N2O/c1-2-13-19(16-9-6-12-18-14-16)17(20)11-10-15-7-4-3-5-8-15/h3-5,7-8,16,18H,2,6,9-14H2,1H3. The molecule has 0 saturated carbocycles. The van der Waals surface area contributed by atoms with Gasteiger partial charge >= 0.3 is 0 Å². The Morgan fingerprint density at radius 3 is 2.80 bits per heavy atom. The van der Waals surface area contributed by atoms with E-state index in [0.29, 0.717) is 18.4 Å². The molecule has 1 aromatic carbocycles. The summed E-state index contributed by atoms with van der Waals surface area (Å²) in [5.74, 6) is 0.310. The molecule has 0 radical (unpaired) electrons. The first-order valence-corrected chi connectivity index (χ1v) is 7.85. The Bertz CT molecular complexity index is 399. The SMILES string of the molecule is CCCN(C(=O)CCc1ccccc1)C1CCCNC1. The van der Waals surface area contributed by atoms with E-state index in [1.807, 2.05) is 18.2 Å². The van der Waals surface area contributed by atoms with Gasteiger partial charge in [0.2, 0.25) is 5.91 Å². The molecule has 2 rings (SSSR count). The van der Waals surface area contributed by atoms with Crippen LogP contribution in [-0.2, 0) is 11.2 Å². The summed E-state index contributed by atoms with van der Waals surface area (Å²) in [5.41, 5.74) is 1.25. The summed E-state index contributed by atoms with van der Waals surface area (Å²) in [7, 11) is 0. The molecule has 0 bridgehead atoms. The Morgan fingerprint density at radius 2 is 2.15 bits per heavy atom. The molecular formula is C17H26N2O. The van der Waals surface area contributed by atoms with Crippen LogP contribution in [0.1, 0.15) is 38.2 Å². The molecule has 1 aliphatic rings. The van der Waals surface area contributed by atoms with Crippen molar-refractivity contribution < 1.29 is 4.79 Å². The van der Waals surface area contributed by atoms with Crippen molar-refractivity contribution in [2.75, 3.05) is 19.6 Å². The zero-order valence-corrected chi connectivity index (χ0v) is 12.5. The van der Waals surface area contributed by atoms with Gasteiger partial charge in [0.15, 0.2) is 0 Å².